The second-order valence-corrected chi connectivity index (χ2v) is 7.36. The van der Waals surface area contributed by atoms with Gasteiger partial charge in [0, 0.05) is 16.3 Å². The Labute approximate surface area is 156 Å². The summed E-state index contributed by atoms with van der Waals surface area (Å²) >= 11 is 0. The van der Waals surface area contributed by atoms with Gasteiger partial charge in [0.1, 0.15) is 5.82 Å². The number of para-hydroxylation sites is 1. The van der Waals surface area contributed by atoms with E-state index in [-0.39, 0.29) is 16.4 Å². The molecule has 6 heteroatoms. The zero-order valence-corrected chi connectivity index (χ0v) is 15.6. The number of aliphatic hydroxyl groups excluding tert-OH is 1. The minimum Gasteiger partial charge on any atom is -0.391 e. The number of pyridine rings is 1. The predicted octanol–water partition coefficient (Wildman–Crippen LogP) is 3.49. The van der Waals surface area contributed by atoms with Gasteiger partial charge in [-0.3, -0.25) is 9.59 Å². The Morgan fingerprint density at radius 2 is 1.93 bits per heavy atom. The van der Waals surface area contributed by atoms with Crippen molar-refractivity contribution >= 4 is 27.7 Å². The summed E-state index contributed by atoms with van der Waals surface area (Å²) < 4.78 is 14.6. The summed E-state index contributed by atoms with van der Waals surface area (Å²) in [4.78, 5) is 28.3. The van der Waals surface area contributed by atoms with Gasteiger partial charge >= 0.3 is 0 Å². The van der Waals surface area contributed by atoms with Crippen LogP contribution in [0.5, 0.6) is 0 Å². The smallest absolute Gasteiger partial charge is 0.254 e. The number of hydrogen-bond acceptors (Lipinski definition) is 3. The number of aromatic amines is 1. The van der Waals surface area contributed by atoms with Crippen LogP contribution in [-0.4, -0.2) is 27.6 Å². The number of H-pyrrole nitrogens is 1. The third-order valence-electron chi connectivity index (χ3n) is 4.87. The van der Waals surface area contributed by atoms with E-state index in [1.807, 2.05) is 6.92 Å². The summed E-state index contributed by atoms with van der Waals surface area (Å²) in [6.45, 7) is 5.32. The van der Waals surface area contributed by atoms with Crippen molar-refractivity contribution in [3.63, 3.8) is 0 Å². The predicted molar refractivity (Wildman–Crippen MR) is 104 cm³/mol. The van der Waals surface area contributed by atoms with Crippen LogP contribution < -0.4 is 10.7 Å². The Morgan fingerprint density at radius 1 is 1.22 bits per heavy atom. The normalized spacial score (nSPS) is 13.1. The lowest BCUT2D eigenvalue weighted by atomic mass is 9.93. The molecule has 3 rings (SSSR count). The number of aliphatic hydroxyl groups is 1. The molecule has 2 aromatic carbocycles. The van der Waals surface area contributed by atoms with Crippen LogP contribution in [0.1, 0.15) is 44.0 Å². The van der Waals surface area contributed by atoms with Crippen molar-refractivity contribution in [3.05, 3.63) is 58.0 Å². The van der Waals surface area contributed by atoms with Gasteiger partial charge in [0.15, 0.2) is 5.43 Å². The van der Waals surface area contributed by atoms with Crippen molar-refractivity contribution < 1.29 is 14.3 Å². The molecule has 5 nitrogen and oxygen atoms in total. The lowest BCUT2D eigenvalue weighted by Gasteiger charge is -2.31. The zero-order valence-electron chi connectivity index (χ0n) is 15.6. The van der Waals surface area contributed by atoms with Gasteiger partial charge in [0.2, 0.25) is 0 Å². The lowest BCUT2D eigenvalue weighted by Crippen LogP contribution is -2.52. The third kappa shape index (κ3) is 3.57. The first-order chi connectivity index (χ1) is 12.7. The quantitative estimate of drug-likeness (QED) is 0.601. The van der Waals surface area contributed by atoms with Gasteiger partial charge in [0.25, 0.3) is 5.91 Å². The second kappa shape index (κ2) is 7.12. The maximum atomic E-state index is 14.6. The fourth-order valence-corrected chi connectivity index (χ4v) is 3.20. The van der Waals surface area contributed by atoms with E-state index in [1.165, 1.54) is 6.07 Å². The highest BCUT2D eigenvalue weighted by atomic mass is 19.1. The summed E-state index contributed by atoms with van der Waals surface area (Å²) in [6.07, 6.45) is 0.532. The van der Waals surface area contributed by atoms with E-state index >= 15 is 0 Å². The van der Waals surface area contributed by atoms with Crippen molar-refractivity contribution in [1.29, 1.82) is 0 Å². The van der Waals surface area contributed by atoms with E-state index in [9.17, 15) is 19.1 Å². The van der Waals surface area contributed by atoms with E-state index in [4.69, 9.17) is 0 Å². The molecule has 142 valence electrons. The van der Waals surface area contributed by atoms with Crippen LogP contribution in [0.15, 0.2) is 41.2 Å². The standard InChI is InChI=1S/C21H23FN2O3/c1-4-7-18(25)21(2,3)24-20(27)13-11-17-14(10-15(13)22)19(26)12-8-5-6-9-16(12)23-17/h5-6,8-11,18,25H,4,7H2,1-3H3,(H,23,26)(H,24,27). The SMILES string of the molecule is CCCC(O)C(C)(C)NC(=O)c1cc2[nH]c3ccccc3c(=O)c2cc1F. The number of halogens is 1. The Kier molecular flexibility index (Phi) is 5.02. The number of benzene rings is 2. The number of hydrogen-bond donors (Lipinski definition) is 3. The van der Waals surface area contributed by atoms with Crippen LogP contribution in [0.2, 0.25) is 0 Å². The molecule has 1 amide bonds. The molecule has 3 N–H and O–H groups in total. The molecule has 0 spiro atoms. The van der Waals surface area contributed by atoms with Gasteiger partial charge in [-0.2, -0.15) is 0 Å². The minimum atomic E-state index is -0.911. The highest BCUT2D eigenvalue weighted by Crippen LogP contribution is 2.21. The largest absolute Gasteiger partial charge is 0.391 e. The summed E-state index contributed by atoms with van der Waals surface area (Å²) in [5.74, 6) is -1.41. The number of carbonyl (C=O) groups excluding carboxylic acids is 1. The van der Waals surface area contributed by atoms with Crippen LogP contribution in [0.4, 0.5) is 4.39 Å². The van der Waals surface area contributed by atoms with E-state index in [2.05, 4.69) is 10.3 Å². The van der Waals surface area contributed by atoms with Gasteiger partial charge in [-0.25, -0.2) is 4.39 Å². The van der Waals surface area contributed by atoms with E-state index < -0.39 is 23.4 Å². The van der Waals surface area contributed by atoms with Crippen LogP contribution in [0, 0.1) is 5.82 Å². The third-order valence-corrected chi connectivity index (χ3v) is 4.87. The molecule has 0 bridgehead atoms. The lowest BCUT2D eigenvalue weighted by molar-refractivity contribution is 0.0590. The van der Waals surface area contributed by atoms with Crippen molar-refractivity contribution in [2.75, 3.05) is 0 Å². The maximum absolute atomic E-state index is 14.6. The molecule has 0 fully saturated rings. The fraction of sp³-hybridized carbons (Fsp3) is 0.333. The van der Waals surface area contributed by atoms with Crippen LogP contribution in [0.25, 0.3) is 21.8 Å². The number of carbonyl (C=O) groups is 1. The number of rotatable bonds is 5. The molecule has 1 atom stereocenters. The van der Waals surface area contributed by atoms with Crippen molar-refractivity contribution in [3.8, 4) is 0 Å². The first kappa shape index (κ1) is 19.0. The molecule has 1 aromatic heterocycles. The fourth-order valence-electron chi connectivity index (χ4n) is 3.20. The van der Waals surface area contributed by atoms with Crippen molar-refractivity contribution in [1.82, 2.24) is 10.3 Å². The molecule has 27 heavy (non-hydrogen) atoms. The molecule has 3 aromatic rings. The molecule has 0 aliphatic carbocycles. The number of fused-ring (bicyclic) bond motifs is 2. The summed E-state index contributed by atoms with van der Waals surface area (Å²) in [5.41, 5.74) is -0.372. The first-order valence-corrected chi connectivity index (χ1v) is 8.99. The van der Waals surface area contributed by atoms with Gasteiger partial charge in [0.05, 0.1) is 22.7 Å². The Bertz CT molecular complexity index is 1070. The molecular weight excluding hydrogens is 347 g/mol. The maximum Gasteiger partial charge on any atom is 0.254 e. The molecule has 0 aliphatic heterocycles. The van der Waals surface area contributed by atoms with Gasteiger partial charge < -0.3 is 15.4 Å². The Balaban J connectivity index is 2.04. The molecule has 0 saturated heterocycles. The van der Waals surface area contributed by atoms with Crippen molar-refractivity contribution in [2.24, 2.45) is 0 Å². The highest BCUT2D eigenvalue weighted by molar-refractivity contribution is 6.00. The van der Waals surface area contributed by atoms with Gasteiger partial charge in [-0.15, -0.1) is 0 Å². The second-order valence-electron chi connectivity index (χ2n) is 7.36. The Morgan fingerprint density at radius 3 is 2.63 bits per heavy atom. The molecule has 0 saturated carbocycles. The summed E-state index contributed by atoms with van der Waals surface area (Å²) in [5, 5.41) is 13.6. The number of nitrogens with one attached hydrogen (secondary N) is 2. The topological polar surface area (TPSA) is 82.2 Å². The Hall–Kier alpha value is -2.73. The molecule has 1 unspecified atom stereocenters. The average Bonchev–Trinajstić information content (AvgIpc) is 2.62. The molecule has 1 heterocycles. The zero-order chi connectivity index (χ0) is 19.8. The van der Waals surface area contributed by atoms with E-state index in [1.54, 1.807) is 38.1 Å². The first-order valence-electron chi connectivity index (χ1n) is 8.99. The van der Waals surface area contributed by atoms with Crippen molar-refractivity contribution in [2.45, 2.75) is 45.3 Å². The van der Waals surface area contributed by atoms with Crippen LogP contribution in [-0.2, 0) is 0 Å². The van der Waals surface area contributed by atoms with Crippen LogP contribution in [0.3, 0.4) is 0 Å². The monoisotopic (exact) mass is 370 g/mol. The number of aromatic nitrogens is 1. The minimum absolute atomic E-state index is 0.176. The molecule has 0 aliphatic rings. The molecular formula is C21H23FN2O3. The molecule has 0 radical (unpaired) electrons. The summed E-state index contributed by atoms with van der Waals surface area (Å²) in [6, 6.07) is 9.39. The number of amides is 1. The highest BCUT2D eigenvalue weighted by Gasteiger charge is 2.30. The van der Waals surface area contributed by atoms with Gasteiger partial charge in [-0.05, 0) is 44.5 Å². The van der Waals surface area contributed by atoms with Gasteiger partial charge in [-0.1, -0.05) is 25.5 Å². The summed E-state index contributed by atoms with van der Waals surface area (Å²) in [7, 11) is 0. The van der Waals surface area contributed by atoms with E-state index in [0.717, 1.165) is 12.5 Å². The van der Waals surface area contributed by atoms with Crippen LogP contribution >= 0.6 is 0 Å². The van der Waals surface area contributed by atoms with E-state index in [0.29, 0.717) is 22.8 Å². The average molecular weight is 370 g/mol.